The second-order valence-corrected chi connectivity index (χ2v) is 4.92. The Labute approximate surface area is 107 Å². The third-order valence-corrected chi connectivity index (χ3v) is 4.22. The average molecular weight is 238 g/mol. The first-order chi connectivity index (χ1) is 8.62. The third-order valence-electron chi connectivity index (χ3n) is 4.22. The van der Waals surface area contributed by atoms with Crippen LogP contribution in [0.15, 0.2) is 22.9 Å². The number of hydrogen-bond acceptors (Lipinski definition) is 4. The summed E-state index contributed by atoms with van der Waals surface area (Å²) in [6.07, 6.45) is 4.92. The maximum absolute atomic E-state index is 9.37. The van der Waals surface area contributed by atoms with Crippen LogP contribution in [0, 0.1) is 51.2 Å². The van der Waals surface area contributed by atoms with Gasteiger partial charge in [-0.3, -0.25) is 0 Å². The molecule has 2 N–H and O–H groups in total. The Balaban J connectivity index is 2.73. The minimum Gasteiger partial charge on any atom is -0.399 e. The van der Waals surface area contributed by atoms with Crippen LogP contribution in [0.1, 0.15) is 26.2 Å². The first kappa shape index (κ1) is 12.2. The lowest BCUT2D eigenvalue weighted by atomic mass is 9.59. The molecule has 2 rings (SSSR count). The summed E-state index contributed by atoms with van der Waals surface area (Å²) in [5.74, 6) is -0.0730. The summed E-state index contributed by atoms with van der Waals surface area (Å²) in [6.45, 7) is 1.89. The van der Waals surface area contributed by atoms with Crippen LogP contribution in [-0.2, 0) is 0 Å². The fourth-order valence-corrected chi connectivity index (χ4v) is 3.08. The van der Waals surface area contributed by atoms with Gasteiger partial charge in [-0.15, -0.1) is 0 Å². The fourth-order valence-electron chi connectivity index (χ4n) is 3.08. The van der Waals surface area contributed by atoms with E-state index < -0.39 is 5.41 Å². The van der Waals surface area contributed by atoms with Crippen LogP contribution in [0.5, 0.6) is 0 Å². The zero-order chi connectivity index (χ0) is 13.3. The molecule has 0 saturated heterocycles. The minimum atomic E-state index is -1.36. The number of nitrogens with zero attached hydrogens (tertiary/aromatic N) is 3. The molecule has 0 heterocycles. The molecule has 0 unspecified atom stereocenters. The van der Waals surface area contributed by atoms with Crippen molar-refractivity contribution in [2.24, 2.45) is 23.0 Å². The van der Waals surface area contributed by atoms with Crippen molar-refractivity contribution in [3.05, 3.63) is 22.9 Å². The van der Waals surface area contributed by atoms with Gasteiger partial charge in [0.1, 0.15) is 6.07 Å². The molecule has 0 bridgehead atoms. The van der Waals surface area contributed by atoms with Crippen LogP contribution in [0.25, 0.3) is 0 Å². The van der Waals surface area contributed by atoms with Crippen molar-refractivity contribution in [1.82, 2.24) is 0 Å². The standard InChI is InChI=1S/C14H14N4/c1-9-10-4-2-3-5-11(10)12(6-15)13(18)14(9,7-16)8-17/h5,9-10H,2-4,18H2,1H3/t9-,10-/m1/s1. The maximum atomic E-state index is 9.37. The summed E-state index contributed by atoms with van der Waals surface area (Å²) in [6, 6.07) is 6.16. The van der Waals surface area contributed by atoms with Gasteiger partial charge in [0, 0.05) is 5.92 Å². The first-order valence-corrected chi connectivity index (χ1v) is 6.05. The van der Waals surface area contributed by atoms with Gasteiger partial charge in [-0.1, -0.05) is 13.0 Å². The lowest BCUT2D eigenvalue weighted by Gasteiger charge is -2.41. The van der Waals surface area contributed by atoms with Gasteiger partial charge in [0.25, 0.3) is 0 Å². The Morgan fingerprint density at radius 1 is 1.33 bits per heavy atom. The van der Waals surface area contributed by atoms with E-state index in [0.29, 0.717) is 5.57 Å². The largest absolute Gasteiger partial charge is 0.399 e. The van der Waals surface area contributed by atoms with Crippen LogP contribution in [0.3, 0.4) is 0 Å². The van der Waals surface area contributed by atoms with Gasteiger partial charge in [-0.05, 0) is 30.8 Å². The molecule has 0 fully saturated rings. The number of nitriles is 3. The van der Waals surface area contributed by atoms with E-state index >= 15 is 0 Å². The summed E-state index contributed by atoms with van der Waals surface area (Å²) in [5.41, 5.74) is 6.02. The molecule has 90 valence electrons. The average Bonchev–Trinajstić information content (AvgIpc) is 2.41. The normalized spacial score (nSPS) is 29.3. The molecule has 0 spiro atoms. The van der Waals surface area contributed by atoms with Gasteiger partial charge < -0.3 is 5.73 Å². The van der Waals surface area contributed by atoms with Crippen LogP contribution < -0.4 is 5.73 Å². The molecule has 0 aromatic rings. The Kier molecular flexibility index (Phi) is 2.85. The maximum Gasteiger partial charge on any atom is 0.187 e. The number of rotatable bonds is 0. The second-order valence-electron chi connectivity index (χ2n) is 4.92. The Bertz CT molecular complexity index is 548. The van der Waals surface area contributed by atoms with E-state index in [-0.39, 0.29) is 17.5 Å². The van der Waals surface area contributed by atoms with Crippen LogP contribution in [0.4, 0.5) is 0 Å². The Morgan fingerprint density at radius 3 is 2.56 bits per heavy atom. The molecule has 0 radical (unpaired) electrons. The van der Waals surface area contributed by atoms with E-state index in [0.717, 1.165) is 24.8 Å². The van der Waals surface area contributed by atoms with Crippen molar-refractivity contribution < 1.29 is 0 Å². The van der Waals surface area contributed by atoms with Crippen LogP contribution in [-0.4, -0.2) is 0 Å². The Hall–Kier alpha value is -2.25. The monoisotopic (exact) mass is 238 g/mol. The van der Waals surface area contributed by atoms with E-state index in [1.807, 2.05) is 25.1 Å². The minimum absolute atomic E-state index is 0.0972. The van der Waals surface area contributed by atoms with E-state index in [1.54, 1.807) is 0 Å². The summed E-state index contributed by atoms with van der Waals surface area (Å²) >= 11 is 0. The van der Waals surface area contributed by atoms with Gasteiger partial charge >= 0.3 is 0 Å². The highest BCUT2D eigenvalue weighted by atomic mass is 14.7. The third kappa shape index (κ3) is 1.35. The number of fused-ring (bicyclic) bond motifs is 1. The van der Waals surface area contributed by atoms with Crippen molar-refractivity contribution in [3.8, 4) is 18.2 Å². The van der Waals surface area contributed by atoms with Gasteiger partial charge in [-0.25, -0.2) is 0 Å². The molecule has 2 aliphatic rings. The summed E-state index contributed by atoms with van der Waals surface area (Å²) < 4.78 is 0. The molecule has 0 aliphatic heterocycles. The van der Waals surface area contributed by atoms with Crippen molar-refractivity contribution >= 4 is 0 Å². The van der Waals surface area contributed by atoms with E-state index in [1.165, 1.54) is 0 Å². The van der Waals surface area contributed by atoms with E-state index in [4.69, 9.17) is 5.73 Å². The lowest BCUT2D eigenvalue weighted by molar-refractivity contribution is 0.257. The molecule has 4 heteroatoms. The summed E-state index contributed by atoms with van der Waals surface area (Å²) in [7, 11) is 0. The molecular weight excluding hydrogens is 224 g/mol. The zero-order valence-electron chi connectivity index (χ0n) is 10.3. The quantitative estimate of drug-likeness (QED) is 0.698. The first-order valence-electron chi connectivity index (χ1n) is 6.05. The van der Waals surface area contributed by atoms with Gasteiger partial charge in [0.15, 0.2) is 5.41 Å². The molecule has 2 aliphatic carbocycles. The summed E-state index contributed by atoms with van der Waals surface area (Å²) in [5, 5.41) is 28.0. The second kappa shape index (κ2) is 4.21. The Morgan fingerprint density at radius 2 is 2.00 bits per heavy atom. The number of hydrogen-bond donors (Lipinski definition) is 1. The number of nitrogens with two attached hydrogens (primary N) is 1. The van der Waals surface area contributed by atoms with Crippen molar-refractivity contribution in [2.45, 2.75) is 26.2 Å². The zero-order valence-corrected chi connectivity index (χ0v) is 10.3. The van der Waals surface area contributed by atoms with Crippen molar-refractivity contribution in [3.63, 3.8) is 0 Å². The smallest absolute Gasteiger partial charge is 0.187 e. The molecule has 18 heavy (non-hydrogen) atoms. The molecule has 0 amide bonds. The molecular formula is C14H14N4. The predicted molar refractivity (Wildman–Crippen MR) is 65.1 cm³/mol. The molecule has 4 nitrogen and oxygen atoms in total. The predicted octanol–water partition coefficient (Wildman–Crippen LogP) is 2.13. The highest BCUT2D eigenvalue weighted by Crippen LogP contribution is 2.50. The highest BCUT2D eigenvalue weighted by Gasteiger charge is 2.50. The van der Waals surface area contributed by atoms with E-state index in [2.05, 4.69) is 6.07 Å². The van der Waals surface area contributed by atoms with Crippen LogP contribution >= 0.6 is 0 Å². The molecule has 0 aromatic carbocycles. The van der Waals surface area contributed by atoms with Crippen molar-refractivity contribution in [1.29, 1.82) is 15.8 Å². The molecule has 0 aromatic heterocycles. The molecule has 2 atom stereocenters. The fraction of sp³-hybridized carbons (Fsp3) is 0.500. The topological polar surface area (TPSA) is 97.4 Å². The van der Waals surface area contributed by atoms with Gasteiger partial charge in [-0.2, -0.15) is 15.8 Å². The van der Waals surface area contributed by atoms with Gasteiger partial charge in [0.2, 0.25) is 0 Å². The highest BCUT2D eigenvalue weighted by molar-refractivity contribution is 5.55. The summed E-state index contributed by atoms with van der Waals surface area (Å²) in [4.78, 5) is 0. The molecule has 0 saturated carbocycles. The number of allylic oxidation sites excluding steroid dienone is 4. The SMILES string of the molecule is C[C@@H]1[C@H]2CCCC=C2C(C#N)=C(N)C1(C#N)C#N. The lowest BCUT2D eigenvalue weighted by Crippen LogP contribution is -2.42. The van der Waals surface area contributed by atoms with Crippen molar-refractivity contribution in [2.75, 3.05) is 0 Å². The van der Waals surface area contributed by atoms with Crippen LogP contribution in [0.2, 0.25) is 0 Å². The van der Waals surface area contributed by atoms with Gasteiger partial charge in [0.05, 0.1) is 23.4 Å². The van der Waals surface area contributed by atoms with E-state index in [9.17, 15) is 15.8 Å².